The summed E-state index contributed by atoms with van der Waals surface area (Å²) >= 11 is 1.19. The summed E-state index contributed by atoms with van der Waals surface area (Å²) in [7, 11) is 6.09. The van der Waals surface area contributed by atoms with Crippen molar-refractivity contribution < 1.29 is 42.9 Å². The maximum atomic E-state index is 13.9. The summed E-state index contributed by atoms with van der Waals surface area (Å²) in [6.07, 6.45) is 4.10. The van der Waals surface area contributed by atoms with Crippen LogP contribution in [0.3, 0.4) is 0 Å². The lowest BCUT2D eigenvalue weighted by Crippen LogP contribution is -2.41. The number of fused-ring (bicyclic) bond motifs is 2. The number of methoxy groups -OCH3 is 4. The second kappa shape index (κ2) is 17.5. The quantitative estimate of drug-likeness (QED) is 0.312. The van der Waals surface area contributed by atoms with Crippen molar-refractivity contribution in [2.75, 3.05) is 34.2 Å². The summed E-state index contributed by atoms with van der Waals surface area (Å²) in [5.41, 5.74) is 6.41. The number of hydrogen-bond acceptors (Lipinski definition) is 10. The number of nitrogens with two attached hydrogens (primary N) is 1. The van der Waals surface area contributed by atoms with Crippen LogP contribution in [0.25, 0.3) is 0 Å². The molecule has 0 fully saturated rings. The predicted octanol–water partition coefficient (Wildman–Crippen LogP) is 3.79. The molecule has 244 valence electrons. The largest absolute Gasteiger partial charge is 0.439 e. The van der Waals surface area contributed by atoms with Gasteiger partial charge in [-0.3, -0.25) is 14.4 Å². The molecule has 0 spiro atoms. The first-order valence-corrected chi connectivity index (χ1v) is 15.4. The molecule has 1 unspecified atom stereocenters. The first-order valence-electron chi connectivity index (χ1n) is 14.4. The fourth-order valence-corrected chi connectivity index (χ4v) is 6.31. The Morgan fingerprint density at radius 3 is 2.25 bits per heavy atom. The number of ketones is 2. The lowest BCUT2D eigenvalue weighted by molar-refractivity contribution is -0.120. The normalized spacial score (nSPS) is 32.6. The van der Waals surface area contributed by atoms with Crippen LogP contribution in [-0.2, 0) is 38.1 Å². The van der Waals surface area contributed by atoms with E-state index in [4.69, 9.17) is 29.4 Å². The Bertz CT molecular complexity index is 1240. The number of ether oxygens (including phenoxy) is 5. The standard InChI is InChI=1S/C32H46N2O9S/c1-10-44-30-22(35)16-21-26(36)25(30)34-31(37)17(2)12-11-13-23(39-6)29(43-32(33)38)19(4)14-18(3)28(42-9)24(40-7)15-20(5)27(21)41-8/h11-14,16,18,20,23-24,27-29H,10,15H2,1-9H3,(H2,33,38)(H,34,37)/b13-11-,17-12+,19-14+/t18-,20-,23?,24-,27+,28+,29-/m0/s1. The van der Waals surface area contributed by atoms with Gasteiger partial charge in [-0.25, -0.2) is 4.79 Å². The van der Waals surface area contributed by atoms with Crippen molar-refractivity contribution in [1.29, 1.82) is 0 Å². The van der Waals surface area contributed by atoms with Gasteiger partial charge < -0.3 is 34.7 Å². The minimum atomic E-state index is -0.971. The number of hydrogen-bond donors (Lipinski definition) is 2. The van der Waals surface area contributed by atoms with Gasteiger partial charge in [-0.1, -0.05) is 45.1 Å². The fourth-order valence-electron chi connectivity index (χ4n) is 5.53. The van der Waals surface area contributed by atoms with E-state index in [0.29, 0.717) is 17.7 Å². The van der Waals surface area contributed by atoms with Crippen LogP contribution in [0.2, 0.25) is 0 Å². The first-order chi connectivity index (χ1) is 20.8. The minimum absolute atomic E-state index is 0.0792. The average Bonchev–Trinajstić information content (AvgIpc) is 2.97. The molecule has 0 saturated carbocycles. The van der Waals surface area contributed by atoms with E-state index in [1.54, 1.807) is 40.2 Å². The molecule has 3 N–H and O–H groups in total. The van der Waals surface area contributed by atoms with Gasteiger partial charge in [0, 0.05) is 45.5 Å². The Morgan fingerprint density at radius 2 is 1.70 bits per heavy atom. The molecule has 11 nitrogen and oxygen atoms in total. The molecule has 0 aromatic rings. The van der Waals surface area contributed by atoms with Crippen molar-refractivity contribution in [3.63, 3.8) is 0 Å². The van der Waals surface area contributed by atoms with Crippen LogP contribution >= 0.6 is 11.8 Å². The monoisotopic (exact) mass is 634 g/mol. The molecule has 0 aromatic carbocycles. The Hall–Kier alpha value is -3.03. The first kappa shape index (κ1) is 37.2. The van der Waals surface area contributed by atoms with Gasteiger partial charge in [0.15, 0.2) is 11.9 Å². The number of carbonyl (C=O) groups is 4. The van der Waals surface area contributed by atoms with E-state index in [-0.39, 0.29) is 39.4 Å². The maximum absolute atomic E-state index is 13.9. The molecule has 2 amide bonds. The number of carbonyl (C=O) groups excluding carboxylic acids is 4. The number of nitrogens with one attached hydrogen (secondary N) is 1. The van der Waals surface area contributed by atoms with Crippen molar-refractivity contribution in [2.45, 2.75) is 71.6 Å². The van der Waals surface area contributed by atoms with Gasteiger partial charge in [-0.15, -0.1) is 11.8 Å². The average molecular weight is 635 g/mol. The molecule has 2 rings (SSSR count). The van der Waals surface area contributed by atoms with E-state index >= 15 is 0 Å². The van der Waals surface area contributed by atoms with E-state index in [9.17, 15) is 19.2 Å². The Balaban J connectivity index is 2.75. The van der Waals surface area contributed by atoms with Gasteiger partial charge in [-0.05, 0) is 43.6 Å². The Kier molecular flexibility index (Phi) is 14.7. The number of rotatable bonds is 7. The lowest BCUT2D eigenvalue weighted by Gasteiger charge is -2.34. The second-order valence-electron chi connectivity index (χ2n) is 10.8. The van der Waals surface area contributed by atoms with Crippen LogP contribution in [0.1, 0.15) is 41.0 Å². The maximum Gasteiger partial charge on any atom is 0.405 e. The van der Waals surface area contributed by atoms with E-state index in [0.717, 1.165) is 0 Å². The second-order valence-corrected chi connectivity index (χ2v) is 12.1. The van der Waals surface area contributed by atoms with Gasteiger partial charge in [0.2, 0.25) is 5.78 Å². The summed E-state index contributed by atoms with van der Waals surface area (Å²) in [5, 5.41) is 2.68. The van der Waals surface area contributed by atoms with Crippen LogP contribution in [0.4, 0.5) is 4.79 Å². The number of Topliss-reactive ketones (excluding diaryl/α,β-unsaturated/α-hetero) is 1. The molecule has 7 atom stereocenters. The highest BCUT2D eigenvalue weighted by molar-refractivity contribution is 8.04. The van der Waals surface area contributed by atoms with Crippen molar-refractivity contribution in [3.8, 4) is 0 Å². The highest BCUT2D eigenvalue weighted by Crippen LogP contribution is 2.33. The zero-order chi connectivity index (χ0) is 33.1. The molecular weight excluding hydrogens is 588 g/mol. The van der Waals surface area contributed by atoms with Gasteiger partial charge in [0.05, 0.1) is 23.2 Å². The molecule has 0 radical (unpaired) electrons. The predicted molar refractivity (Wildman–Crippen MR) is 169 cm³/mol. The highest BCUT2D eigenvalue weighted by atomic mass is 32.2. The van der Waals surface area contributed by atoms with Crippen molar-refractivity contribution >= 4 is 35.3 Å². The number of thioether (sulfide) groups is 1. The Morgan fingerprint density at radius 1 is 1.02 bits per heavy atom. The van der Waals surface area contributed by atoms with Crippen LogP contribution in [0.15, 0.2) is 57.7 Å². The summed E-state index contributed by atoms with van der Waals surface area (Å²) in [6, 6.07) is 0. The molecule has 12 heteroatoms. The summed E-state index contributed by atoms with van der Waals surface area (Å²) in [4.78, 5) is 52.4. The van der Waals surface area contributed by atoms with E-state index < -0.39 is 48.3 Å². The summed E-state index contributed by atoms with van der Waals surface area (Å²) < 4.78 is 28.7. The third-order valence-corrected chi connectivity index (χ3v) is 8.67. The van der Waals surface area contributed by atoms with Crippen molar-refractivity contribution in [3.05, 3.63) is 57.7 Å². The van der Waals surface area contributed by atoms with Gasteiger partial charge in [0.25, 0.3) is 5.91 Å². The zero-order valence-corrected chi connectivity index (χ0v) is 27.8. The SMILES string of the molecule is CCSC1=C2NC(=O)/C(C)=C/C=C\C(OC)[C@@H](OC(N)=O)/C(C)=C/[C@H](C)[C@@H](OC)[C@@H](OC)C[C@H](C)[C@@H](OC)C(=CC1=O)C2=O. The molecule has 2 bridgehead atoms. The summed E-state index contributed by atoms with van der Waals surface area (Å²) in [5.74, 6) is -1.44. The van der Waals surface area contributed by atoms with Crippen LogP contribution < -0.4 is 11.1 Å². The molecule has 1 aliphatic carbocycles. The van der Waals surface area contributed by atoms with Crippen LogP contribution in [0.5, 0.6) is 0 Å². The third-order valence-electron chi connectivity index (χ3n) is 7.69. The van der Waals surface area contributed by atoms with Crippen LogP contribution in [0, 0.1) is 11.8 Å². The smallest absolute Gasteiger partial charge is 0.405 e. The molecular formula is C32H46N2O9S. The highest BCUT2D eigenvalue weighted by Gasteiger charge is 2.38. The molecule has 2 aliphatic rings. The Labute approximate surface area is 264 Å². The number of allylic oxidation sites excluding steroid dienone is 5. The number of primary amides is 1. The summed E-state index contributed by atoms with van der Waals surface area (Å²) in [6.45, 7) is 9.07. The third kappa shape index (κ3) is 9.24. The zero-order valence-electron chi connectivity index (χ0n) is 27.0. The number of amides is 2. The molecule has 0 aromatic heterocycles. The van der Waals surface area contributed by atoms with Gasteiger partial charge in [-0.2, -0.15) is 0 Å². The fraction of sp³-hybridized carbons (Fsp3) is 0.562. The topological polar surface area (TPSA) is 152 Å². The van der Waals surface area contributed by atoms with E-state index in [1.807, 2.05) is 26.8 Å². The van der Waals surface area contributed by atoms with Crippen molar-refractivity contribution in [2.24, 2.45) is 17.6 Å². The molecule has 0 saturated heterocycles. The van der Waals surface area contributed by atoms with Crippen LogP contribution in [-0.4, -0.2) is 88.3 Å². The molecule has 44 heavy (non-hydrogen) atoms. The van der Waals surface area contributed by atoms with E-state index in [2.05, 4.69) is 5.32 Å². The minimum Gasteiger partial charge on any atom is -0.439 e. The molecule has 1 aliphatic heterocycles. The van der Waals surface area contributed by atoms with Crippen molar-refractivity contribution in [1.82, 2.24) is 5.32 Å². The molecule has 1 heterocycles. The lowest BCUT2D eigenvalue weighted by atomic mass is 9.84. The van der Waals surface area contributed by atoms with E-state index in [1.165, 1.54) is 38.1 Å². The van der Waals surface area contributed by atoms with Gasteiger partial charge in [0.1, 0.15) is 11.8 Å². The van der Waals surface area contributed by atoms with Gasteiger partial charge >= 0.3 is 6.09 Å².